The van der Waals surface area contributed by atoms with Gasteiger partial charge in [0.2, 0.25) is 0 Å². The van der Waals surface area contributed by atoms with Crippen LogP contribution in [0.25, 0.3) is 0 Å². The van der Waals surface area contributed by atoms with Crippen molar-refractivity contribution in [3.05, 3.63) is 34.8 Å². The number of ether oxygens (including phenoxy) is 2. The van der Waals surface area contributed by atoms with Crippen LogP contribution in [0.3, 0.4) is 0 Å². The normalized spacial score (nSPS) is 40.4. The molecule has 4 heteroatoms. The van der Waals surface area contributed by atoms with E-state index in [1.165, 1.54) is 0 Å². The van der Waals surface area contributed by atoms with Crippen molar-refractivity contribution in [2.45, 2.75) is 71.7 Å². The summed E-state index contributed by atoms with van der Waals surface area (Å²) >= 11 is 0. The molecular weight excluding hydrogens is 304 g/mol. The van der Waals surface area contributed by atoms with Crippen LogP contribution in [0.4, 0.5) is 0 Å². The van der Waals surface area contributed by atoms with Gasteiger partial charge in [0, 0.05) is 23.0 Å². The van der Waals surface area contributed by atoms with Crippen LogP contribution in [-0.2, 0) is 20.7 Å². The van der Waals surface area contributed by atoms with Gasteiger partial charge in [0.1, 0.15) is 17.5 Å². The number of epoxide rings is 1. The van der Waals surface area contributed by atoms with Crippen molar-refractivity contribution >= 4 is 5.97 Å². The standard InChI is InChI=1S/C20H26O4/c1-6-11(2)18(21)23-17-16-12(3)10-22-14(16)9-20-15(24-20)8-7-13(4)19(17,20)5/h6,10,13,15,17H,7-9H2,1-5H3. The number of carbonyl (C=O) groups excluding carboxylic acids is 1. The lowest BCUT2D eigenvalue weighted by Crippen LogP contribution is -2.54. The van der Waals surface area contributed by atoms with Crippen LogP contribution in [0.2, 0.25) is 0 Å². The summed E-state index contributed by atoms with van der Waals surface area (Å²) < 4.78 is 18.2. The number of hydrogen-bond donors (Lipinski definition) is 0. The maximum atomic E-state index is 12.6. The SMILES string of the molecule is CC=C(C)C(=O)OC1c2c(C)coc2CC23OC2CCC(C)C13C. The van der Waals surface area contributed by atoms with Crippen molar-refractivity contribution in [1.82, 2.24) is 0 Å². The van der Waals surface area contributed by atoms with Gasteiger partial charge < -0.3 is 13.9 Å². The van der Waals surface area contributed by atoms with E-state index in [0.717, 1.165) is 36.1 Å². The first kappa shape index (κ1) is 15.9. The van der Waals surface area contributed by atoms with Crippen molar-refractivity contribution in [3.63, 3.8) is 0 Å². The molecule has 4 rings (SSSR count). The predicted molar refractivity (Wildman–Crippen MR) is 89.5 cm³/mol. The Morgan fingerprint density at radius 3 is 2.88 bits per heavy atom. The number of hydrogen-bond acceptors (Lipinski definition) is 4. The van der Waals surface area contributed by atoms with Gasteiger partial charge in [0.25, 0.3) is 0 Å². The van der Waals surface area contributed by atoms with Crippen molar-refractivity contribution < 1.29 is 18.7 Å². The lowest BCUT2D eigenvalue weighted by atomic mass is 9.53. The Labute approximate surface area is 143 Å². The first-order valence-electron chi connectivity index (χ1n) is 8.93. The second-order valence-electron chi connectivity index (χ2n) is 7.95. The molecule has 0 radical (unpaired) electrons. The Morgan fingerprint density at radius 1 is 1.42 bits per heavy atom. The fourth-order valence-corrected chi connectivity index (χ4v) is 4.96. The van der Waals surface area contributed by atoms with E-state index in [1.807, 2.05) is 13.8 Å². The third-order valence-corrected chi connectivity index (χ3v) is 6.93. The second kappa shape index (κ2) is 4.98. The van der Waals surface area contributed by atoms with Gasteiger partial charge >= 0.3 is 5.97 Å². The quantitative estimate of drug-likeness (QED) is 0.462. The molecule has 4 nitrogen and oxygen atoms in total. The predicted octanol–water partition coefficient (Wildman–Crippen LogP) is 4.27. The number of allylic oxidation sites excluding steroid dienone is 1. The summed E-state index contributed by atoms with van der Waals surface area (Å²) in [6, 6.07) is 0. The van der Waals surface area contributed by atoms with Crippen molar-refractivity contribution in [2.24, 2.45) is 11.3 Å². The van der Waals surface area contributed by atoms with E-state index in [9.17, 15) is 4.79 Å². The fraction of sp³-hybridized carbons (Fsp3) is 0.650. The number of rotatable bonds is 2. The highest BCUT2D eigenvalue weighted by Gasteiger charge is 2.75. The highest BCUT2D eigenvalue weighted by molar-refractivity contribution is 5.88. The maximum absolute atomic E-state index is 12.6. The van der Waals surface area contributed by atoms with Crippen molar-refractivity contribution in [3.8, 4) is 0 Å². The van der Waals surface area contributed by atoms with Crippen LogP contribution >= 0.6 is 0 Å². The molecule has 0 aromatic carbocycles. The van der Waals surface area contributed by atoms with Gasteiger partial charge in [-0.05, 0) is 45.1 Å². The zero-order chi connectivity index (χ0) is 17.3. The van der Waals surface area contributed by atoms with Crippen molar-refractivity contribution in [1.29, 1.82) is 0 Å². The molecular formula is C20H26O4. The van der Waals surface area contributed by atoms with Crippen LogP contribution in [-0.4, -0.2) is 17.7 Å². The molecule has 5 atom stereocenters. The number of furan rings is 1. The molecule has 0 bridgehead atoms. The van der Waals surface area contributed by atoms with Crippen LogP contribution in [0.5, 0.6) is 0 Å². The van der Waals surface area contributed by atoms with Crippen molar-refractivity contribution in [2.75, 3.05) is 0 Å². The minimum atomic E-state index is -0.317. The van der Waals surface area contributed by atoms with Gasteiger partial charge in [-0.3, -0.25) is 0 Å². The van der Waals surface area contributed by atoms with Gasteiger partial charge in [-0.1, -0.05) is 19.9 Å². The molecule has 0 N–H and O–H groups in total. The molecule has 1 spiro atoms. The summed E-state index contributed by atoms with van der Waals surface area (Å²) in [5, 5.41) is 0. The van der Waals surface area contributed by atoms with E-state index in [-0.39, 0.29) is 29.2 Å². The summed E-state index contributed by atoms with van der Waals surface area (Å²) in [6.07, 6.45) is 6.51. The van der Waals surface area contributed by atoms with E-state index in [0.29, 0.717) is 11.5 Å². The number of fused-ring (bicyclic) bond motifs is 1. The lowest BCUT2D eigenvalue weighted by Gasteiger charge is -2.50. The van der Waals surface area contributed by atoms with E-state index in [4.69, 9.17) is 13.9 Å². The summed E-state index contributed by atoms with van der Waals surface area (Å²) in [7, 11) is 0. The first-order chi connectivity index (χ1) is 11.3. The van der Waals surface area contributed by atoms with Gasteiger partial charge in [-0.15, -0.1) is 0 Å². The topological polar surface area (TPSA) is 52.0 Å². The molecule has 24 heavy (non-hydrogen) atoms. The molecule has 2 heterocycles. The molecule has 3 aliphatic rings. The Balaban J connectivity index is 1.83. The average Bonchev–Trinajstić information content (AvgIpc) is 3.17. The van der Waals surface area contributed by atoms with Gasteiger partial charge in [-0.25, -0.2) is 4.79 Å². The molecule has 5 unspecified atom stereocenters. The third kappa shape index (κ3) is 1.81. The molecule has 1 aromatic rings. The van der Waals surface area contributed by atoms with E-state index < -0.39 is 0 Å². The zero-order valence-corrected chi connectivity index (χ0v) is 15.1. The summed E-state index contributed by atoms with van der Waals surface area (Å²) in [5.41, 5.74) is 2.30. The molecule has 2 aliphatic carbocycles. The van der Waals surface area contributed by atoms with Crippen LogP contribution in [0.1, 0.15) is 63.5 Å². The Morgan fingerprint density at radius 2 is 2.17 bits per heavy atom. The zero-order valence-electron chi connectivity index (χ0n) is 15.1. The Kier molecular flexibility index (Phi) is 3.31. The summed E-state index contributed by atoms with van der Waals surface area (Å²) in [5.74, 6) is 1.10. The lowest BCUT2D eigenvalue weighted by molar-refractivity contribution is -0.164. The smallest absolute Gasteiger partial charge is 0.334 e. The van der Waals surface area contributed by atoms with Crippen LogP contribution in [0.15, 0.2) is 22.3 Å². The number of aryl methyl sites for hydroxylation is 1. The molecule has 1 saturated carbocycles. The Bertz CT molecular complexity index is 730. The molecule has 1 aromatic heterocycles. The highest BCUT2D eigenvalue weighted by Crippen LogP contribution is 2.69. The van der Waals surface area contributed by atoms with Gasteiger partial charge in [-0.2, -0.15) is 0 Å². The van der Waals surface area contributed by atoms with Crippen LogP contribution < -0.4 is 0 Å². The molecule has 1 aliphatic heterocycles. The molecule has 130 valence electrons. The van der Waals surface area contributed by atoms with Gasteiger partial charge in [0.15, 0.2) is 0 Å². The number of carbonyl (C=O) groups is 1. The van der Waals surface area contributed by atoms with Gasteiger partial charge in [0.05, 0.1) is 12.4 Å². The van der Waals surface area contributed by atoms with E-state index in [1.54, 1.807) is 19.3 Å². The average molecular weight is 330 g/mol. The minimum Gasteiger partial charge on any atom is -0.469 e. The summed E-state index contributed by atoms with van der Waals surface area (Å²) in [6.45, 7) is 10.2. The number of esters is 1. The molecule has 0 amide bonds. The third-order valence-electron chi connectivity index (χ3n) is 6.93. The monoisotopic (exact) mass is 330 g/mol. The fourth-order valence-electron chi connectivity index (χ4n) is 4.96. The largest absolute Gasteiger partial charge is 0.469 e. The van der Waals surface area contributed by atoms with E-state index >= 15 is 0 Å². The second-order valence-corrected chi connectivity index (χ2v) is 7.95. The van der Waals surface area contributed by atoms with E-state index in [2.05, 4.69) is 13.8 Å². The van der Waals surface area contributed by atoms with Crippen LogP contribution in [0, 0.1) is 18.3 Å². The first-order valence-corrected chi connectivity index (χ1v) is 8.93. The Hall–Kier alpha value is -1.55. The molecule has 1 saturated heterocycles. The molecule has 2 fully saturated rings. The minimum absolute atomic E-state index is 0.221. The summed E-state index contributed by atoms with van der Waals surface area (Å²) in [4.78, 5) is 12.6. The highest BCUT2D eigenvalue weighted by atomic mass is 16.6. The maximum Gasteiger partial charge on any atom is 0.334 e.